The first-order valence-electron chi connectivity index (χ1n) is 7.40. The van der Waals surface area contributed by atoms with Gasteiger partial charge >= 0.3 is 0 Å². The van der Waals surface area contributed by atoms with E-state index in [4.69, 9.17) is 0 Å². The maximum atomic E-state index is 12.2. The summed E-state index contributed by atoms with van der Waals surface area (Å²) in [6.45, 7) is 1.95. The summed E-state index contributed by atoms with van der Waals surface area (Å²) in [6, 6.07) is 13.9. The number of benzene rings is 2. The molecule has 1 heterocycles. The van der Waals surface area contributed by atoms with Gasteiger partial charge in [0.2, 0.25) is 5.91 Å². The monoisotopic (exact) mass is 284 g/mol. The van der Waals surface area contributed by atoms with Crippen LogP contribution >= 0.6 is 0 Å². The Morgan fingerprint density at radius 3 is 2.67 bits per heavy atom. The fourth-order valence-electron chi connectivity index (χ4n) is 2.80. The van der Waals surface area contributed by atoms with Gasteiger partial charge in [-0.15, -0.1) is 0 Å². The number of nitrogens with one attached hydrogen (secondary N) is 1. The molecule has 1 aliphatic heterocycles. The lowest BCUT2D eigenvalue weighted by molar-refractivity contribution is -0.117. The number of hydrogen-bond donors (Lipinski definition) is 2. The van der Waals surface area contributed by atoms with Crippen molar-refractivity contribution in [2.45, 2.75) is 18.9 Å². The average Bonchev–Trinajstić information content (AvgIpc) is 2.50. The van der Waals surface area contributed by atoms with Gasteiger partial charge in [0.25, 0.3) is 0 Å². The number of hydrogen-bond acceptors (Lipinski definition) is 3. The number of anilines is 1. The first-order valence-corrected chi connectivity index (χ1v) is 7.40. The summed E-state index contributed by atoms with van der Waals surface area (Å²) in [6.07, 6.45) is 1.30. The lowest BCUT2D eigenvalue weighted by Gasteiger charge is -2.28. The van der Waals surface area contributed by atoms with Crippen molar-refractivity contribution in [1.29, 1.82) is 0 Å². The first kappa shape index (κ1) is 14.0. The Hall–Kier alpha value is -1.91. The normalized spacial score (nSPS) is 17.0. The Bertz CT molecular complexity index is 628. The number of fused-ring (bicyclic) bond motifs is 1. The molecule has 21 heavy (non-hydrogen) atoms. The largest absolute Gasteiger partial charge is 0.393 e. The van der Waals surface area contributed by atoms with Gasteiger partial charge in [-0.3, -0.25) is 9.69 Å². The third-order valence-corrected chi connectivity index (χ3v) is 3.99. The van der Waals surface area contributed by atoms with Crippen LogP contribution in [-0.2, 0) is 4.79 Å². The minimum Gasteiger partial charge on any atom is -0.393 e. The molecule has 0 radical (unpaired) electrons. The van der Waals surface area contributed by atoms with Crippen LogP contribution in [-0.4, -0.2) is 41.7 Å². The van der Waals surface area contributed by atoms with Gasteiger partial charge in [-0.25, -0.2) is 0 Å². The number of rotatable bonds is 3. The molecule has 1 amide bonds. The Kier molecular flexibility index (Phi) is 4.18. The zero-order valence-electron chi connectivity index (χ0n) is 12.0. The molecule has 1 fully saturated rings. The van der Waals surface area contributed by atoms with Crippen molar-refractivity contribution in [3.05, 3.63) is 42.5 Å². The van der Waals surface area contributed by atoms with Crippen LogP contribution in [0.2, 0.25) is 0 Å². The molecule has 0 saturated carbocycles. The number of carbonyl (C=O) groups is 1. The maximum Gasteiger partial charge on any atom is 0.238 e. The summed E-state index contributed by atoms with van der Waals surface area (Å²) >= 11 is 0. The third kappa shape index (κ3) is 3.40. The lowest BCUT2D eigenvalue weighted by atomic mass is 10.1. The number of aliphatic hydroxyl groups is 1. The SMILES string of the molecule is O=C(CN1CCC(O)CC1)Nc1cccc2ccccc12. The van der Waals surface area contributed by atoms with Crippen molar-refractivity contribution < 1.29 is 9.90 Å². The fraction of sp³-hybridized carbons (Fsp3) is 0.353. The molecule has 3 rings (SSSR count). The topological polar surface area (TPSA) is 52.6 Å². The minimum atomic E-state index is -0.206. The van der Waals surface area contributed by atoms with Crippen LogP contribution in [0.4, 0.5) is 5.69 Å². The second-order valence-electron chi connectivity index (χ2n) is 5.58. The van der Waals surface area contributed by atoms with E-state index in [1.54, 1.807) is 0 Å². The molecule has 0 aromatic heterocycles. The summed E-state index contributed by atoms with van der Waals surface area (Å²) in [7, 11) is 0. The number of amides is 1. The average molecular weight is 284 g/mol. The van der Waals surface area contributed by atoms with Gasteiger partial charge in [0, 0.05) is 24.2 Å². The zero-order chi connectivity index (χ0) is 14.7. The van der Waals surface area contributed by atoms with Crippen LogP contribution < -0.4 is 5.32 Å². The molecule has 4 heteroatoms. The predicted molar refractivity (Wildman–Crippen MR) is 84.3 cm³/mol. The Morgan fingerprint density at radius 2 is 1.86 bits per heavy atom. The quantitative estimate of drug-likeness (QED) is 0.909. The van der Waals surface area contributed by atoms with E-state index < -0.39 is 0 Å². The van der Waals surface area contributed by atoms with Crippen LogP contribution in [0.3, 0.4) is 0 Å². The summed E-state index contributed by atoms with van der Waals surface area (Å²) in [5, 5.41) is 14.7. The van der Waals surface area contributed by atoms with Crippen molar-refractivity contribution in [2.75, 3.05) is 25.0 Å². The second-order valence-corrected chi connectivity index (χ2v) is 5.58. The van der Waals surface area contributed by atoms with Gasteiger partial charge in [0.1, 0.15) is 0 Å². The molecule has 0 bridgehead atoms. The fourth-order valence-corrected chi connectivity index (χ4v) is 2.80. The summed E-state index contributed by atoms with van der Waals surface area (Å²) < 4.78 is 0. The van der Waals surface area contributed by atoms with Crippen molar-refractivity contribution in [3.63, 3.8) is 0 Å². The molecule has 2 N–H and O–H groups in total. The molecule has 110 valence electrons. The summed E-state index contributed by atoms with van der Waals surface area (Å²) in [5.41, 5.74) is 0.857. The van der Waals surface area contributed by atoms with Gasteiger partial charge in [-0.05, 0) is 24.3 Å². The van der Waals surface area contributed by atoms with Gasteiger partial charge in [-0.1, -0.05) is 36.4 Å². The third-order valence-electron chi connectivity index (χ3n) is 3.99. The highest BCUT2D eigenvalue weighted by Crippen LogP contribution is 2.23. The number of aliphatic hydroxyl groups excluding tert-OH is 1. The van der Waals surface area contributed by atoms with Gasteiger partial charge in [-0.2, -0.15) is 0 Å². The standard InChI is InChI=1S/C17H20N2O2/c20-14-8-10-19(11-9-14)12-17(21)18-16-7-3-5-13-4-1-2-6-15(13)16/h1-7,14,20H,8-12H2,(H,18,21). The van der Waals surface area contributed by atoms with E-state index in [0.29, 0.717) is 6.54 Å². The highest BCUT2D eigenvalue weighted by Gasteiger charge is 2.19. The molecule has 1 saturated heterocycles. The summed E-state index contributed by atoms with van der Waals surface area (Å²) in [5.74, 6) is 0.00254. The Balaban J connectivity index is 1.66. The van der Waals surface area contributed by atoms with E-state index in [1.807, 2.05) is 42.5 Å². The van der Waals surface area contributed by atoms with E-state index in [9.17, 15) is 9.90 Å². The second kappa shape index (κ2) is 6.24. The minimum absolute atomic E-state index is 0.00254. The highest BCUT2D eigenvalue weighted by molar-refractivity contribution is 6.02. The van der Waals surface area contributed by atoms with Crippen LogP contribution in [0.15, 0.2) is 42.5 Å². The van der Waals surface area contributed by atoms with Crippen LogP contribution in [0.25, 0.3) is 10.8 Å². The Labute approximate surface area is 124 Å². The van der Waals surface area contributed by atoms with Crippen molar-refractivity contribution >= 4 is 22.4 Å². The van der Waals surface area contributed by atoms with Gasteiger partial charge in [0.15, 0.2) is 0 Å². The number of nitrogens with zero attached hydrogens (tertiary/aromatic N) is 1. The van der Waals surface area contributed by atoms with Crippen LogP contribution in [0, 0.1) is 0 Å². The van der Waals surface area contributed by atoms with Crippen LogP contribution in [0.1, 0.15) is 12.8 Å². The van der Waals surface area contributed by atoms with Crippen molar-refractivity contribution in [3.8, 4) is 0 Å². The van der Waals surface area contributed by atoms with Crippen molar-refractivity contribution in [1.82, 2.24) is 4.90 Å². The predicted octanol–water partition coefficient (Wildman–Crippen LogP) is 2.23. The molecule has 2 aromatic rings. The lowest BCUT2D eigenvalue weighted by Crippen LogP contribution is -2.40. The molecule has 4 nitrogen and oxygen atoms in total. The maximum absolute atomic E-state index is 12.2. The van der Waals surface area contributed by atoms with Gasteiger partial charge in [0.05, 0.1) is 12.6 Å². The smallest absolute Gasteiger partial charge is 0.238 e. The van der Waals surface area contributed by atoms with E-state index in [-0.39, 0.29) is 12.0 Å². The molecular weight excluding hydrogens is 264 g/mol. The zero-order valence-corrected chi connectivity index (χ0v) is 12.0. The van der Waals surface area contributed by atoms with E-state index in [2.05, 4.69) is 10.2 Å². The molecule has 0 aliphatic carbocycles. The molecule has 0 unspecified atom stereocenters. The van der Waals surface area contributed by atoms with E-state index >= 15 is 0 Å². The van der Waals surface area contributed by atoms with Crippen molar-refractivity contribution in [2.24, 2.45) is 0 Å². The van der Waals surface area contributed by atoms with E-state index in [0.717, 1.165) is 42.4 Å². The first-order chi connectivity index (χ1) is 10.2. The molecule has 2 aromatic carbocycles. The Morgan fingerprint density at radius 1 is 1.14 bits per heavy atom. The number of likely N-dealkylation sites (tertiary alicyclic amines) is 1. The van der Waals surface area contributed by atoms with Crippen LogP contribution in [0.5, 0.6) is 0 Å². The summed E-state index contributed by atoms with van der Waals surface area (Å²) in [4.78, 5) is 14.3. The van der Waals surface area contributed by atoms with Gasteiger partial charge < -0.3 is 10.4 Å². The number of piperidine rings is 1. The highest BCUT2D eigenvalue weighted by atomic mass is 16.3. The number of carbonyl (C=O) groups excluding carboxylic acids is 1. The molecule has 1 aliphatic rings. The van der Waals surface area contributed by atoms with E-state index in [1.165, 1.54) is 0 Å². The molecule has 0 atom stereocenters. The molecule has 0 spiro atoms. The molecular formula is C17H20N2O2.